The van der Waals surface area contributed by atoms with Crippen LogP contribution >= 0.6 is 11.6 Å². The van der Waals surface area contributed by atoms with Crippen molar-refractivity contribution in [2.24, 2.45) is 5.92 Å². The summed E-state index contributed by atoms with van der Waals surface area (Å²) in [4.78, 5) is 13.9. The lowest BCUT2D eigenvalue weighted by molar-refractivity contribution is -0.145. The van der Waals surface area contributed by atoms with Crippen molar-refractivity contribution in [2.45, 2.75) is 58.7 Å². The molecule has 1 aliphatic heterocycles. The minimum Gasteiger partial charge on any atom is -0.480 e. The standard InChI is InChI=1S/C21H28ClN3O2/c1-14-9-10-24(18(11-14)20(26)27)12-15-13-25(21(2,3)4)23-19(15)16-7-5-6-8-17(16)22/h5-8,13-14,18H,9-12H2,1-4H3,(H,26,27)/t14-,18-/m1/s1. The van der Waals surface area contributed by atoms with Crippen molar-refractivity contribution in [3.05, 3.63) is 41.0 Å². The summed E-state index contributed by atoms with van der Waals surface area (Å²) in [6, 6.07) is 7.22. The van der Waals surface area contributed by atoms with E-state index >= 15 is 0 Å². The summed E-state index contributed by atoms with van der Waals surface area (Å²) in [5, 5.41) is 15.2. The van der Waals surface area contributed by atoms with Gasteiger partial charge in [-0.1, -0.05) is 36.7 Å². The molecule has 0 bridgehead atoms. The van der Waals surface area contributed by atoms with Crippen LogP contribution in [0, 0.1) is 5.92 Å². The van der Waals surface area contributed by atoms with Gasteiger partial charge in [0.05, 0.1) is 16.3 Å². The van der Waals surface area contributed by atoms with E-state index in [4.69, 9.17) is 16.7 Å². The van der Waals surface area contributed by atoms with E-state index in [9.17, 15) is 9.90 Å². The first kappa shape index (κ1) is 19.9. The molecule has 1 N–H and O–H groups in total. The number of hydrogen-bond donors (Lipinski definition) is 1. The molecule has 2 aromatic rings. The van der Waals surface area contributed by atoms with Gasteiger partial charge in [0, 0.05) is 23.9 Å². The number of hydrogen-bond acceptors (Lipinski definition) is 3. The number of carboxylic acid groups (broad SMARTS) is 1. The van der Waals surface area contributed by atoms with Crippen LogP contribution in [0.5, 0.6) is 0 Å². The third-order valence-corrected chi connectivity index (χ3v) is 5.57. The minimum absolute atomic E-state index is 0.170. The zero-order valence-electron chi connectivity index (χ0n) is 16.4. The number of carbonyl (C=O) groups is 1. The van der Waals surface area contributed by atoms with Crippen LogP contribution in [0.2, 0.25) is 5.02 Å². The van der Waals surface area contributed by atoms with Crippen LogP contribution in [0.4, 0.5) is 0 Å². The summed E-state index contributed by atoms with van der Waals surface area (Å²) < 4.78 is 1.95. The summed E-state index contributed by atoms with van der Waals surface area (Å²) in [5.74, 6) is -0.313. The zero-order chi connectivity index (χ0) is 19.8. The molecule has 6 heteroatoms. The van der Waals surface area contributed by atoms with Crippen molar-refractivity contribution in [2.75, 3.05) is 6.54 Å². The summed E-state index contributed by atoms with van der Waals surface area (Å²) in [6.07, 6.45) is 3.73. The number of carboxylic acids is 1. The summed E-state index contributed by atoms with van der Waals surface area (Å²) >= 11 is 6.44. The SMILES string of the molecule is C[C@@H]1CCN(Cc2cn(C(C)(C)C)nc2-c2ccccc2Cl)[C@@H](C(=O)O)C1. The van der Waals surface area contributed by atoms with Gasteiger partial charge in [0.25, 0.3) is 0 Å². The Balaban J connectivity index is 2.00. The monoisotopic (exact) mass is 389 g/mol. The quantitative estimate of drug-likeness (QED) is 0.827. The van der Waals surface area contributed by atoms with Gasteiger partial charge in [0.15, 0.2) is 0 Å². The molecule has 1 aromatic heterocycles. The molecule has 0 aliphatic carbocycles. The van der Waals surface area contributed by atoms with Gasteiger partial charge in [-0.2, -0.15) is 5.10 Å². The number of halogens is 1. The highest BCUT2D eigenvalue weighted by Crippen LogP contribution is 2.33. The van der Waals surface area contributed by atoms with Gasteiger partial charge >= 0.3 is 5.97 Å². The Kier molecular flexibility index (Phi) is 5.63. The number of piperidine rings is 1. The van der Waals surface area contributed by atoms with Crippen molar-refractivity contribution in [3.8, 4) is 11.3 Å². The molecule has 0 spiro atoms. The maximum Gasteiger partial charge on any atom is 0.320 e. The molecule has 146 valence electrons. The molecule has 0 saturated carbocycles. The highest BCUT2D eigenvalue weighted by molar-refractivity contribution is 6.33. The Morgan fingerprint density at radius 3 is 2.67 bits per heavy atom. The van der Waals surface area contributed by atoms with Gasteiger partial charge in [-0.3, -0.25) is 14.4 Å². The molecule has 2 atom stereocenters. The smallest absolute Gasteiger partial charge is 0.320 e. The summed E-state index contributed by atoms with van der Waals surface area (Å²) in [7, 11) is 0. The molecule has 3 rings (SSSR count). The van der Waals surface area contributed by atoms with E-state index in [0.717, 1.165) is 29.8 Å². The maximum absolute atomic E-state index is 11.8. The average molecular weight is 390 g/mol. The molecule has 27 heavy (non-hydrogen) atoms. The topological polar surface area (TPSA) is 58.4 Å². The Morgan fingerprint density at radius 1 is 1.33 bits per heavy atom. The Hall–Kier alpha value is -1.85. The van der Waals surface area contributed by atoms with Gasteiger partial charge in [0.1, 0.15) is 6.04 Å². The molecule has 0 amide bonds. The van der Waals surface area contributed by atoms with Crippen LogP contribution in [0.1, 0.15) is 46.1 Å². The molecule has 1 fully saturated rings. The minimum atomic E-state index is -0.746. The van der Waals surface area contributed by atoms with Crippen molar-refractivity contribution < 1.29 is 9.90 Å². The first-order valence-electron chi connectivity index (χ1n) is 9.47. The predicted molar refractivity (Wildman–Crippen MR) is 108 cm³/mol. The predicted octanol–water partition coefficient (Wildman–Crippen LogP) is 4.64. The summed E-state index contributed by atoms with van der Waals surface area (Å²) in [5.41, 5.74) is 2.56. The van der Waals surface area contributed by atoms with Crippen LogP contribution in [0.15, 0.2) is 30.5 Å². The van der Waals surface area contributed by atoms with Gasteiger partial charge in [-0.05, 0) is 52.1 Å². The number of benzene rings is 1. The first-order chi connectivity index (χ1) is 12.7. The Bertz CT molecular complexity index is 825. The van der Waals surface area contributed by atoms with Crippen LogP contribution in [-0.4, -0.2) is 38.3 Å². The average Bonchev–Trinajstić information content (AvgIpc) is 3.00. The van der Waals surface area contributed by atoms with E-state index in [2.05, 4.69) is 32.6 Å². The second kappa shape index (κ2) is 7.64. The number of aromatic nitrogens is 2. The molecule has 1 aromatic carbocycles. The molecule has 2 heterocycles. The fourth-order valence-corrected chi connectivity index (χ4v) is 3.83. The Labute approximate surface area is 165 Å². The normalized spacial score (nSPS) is 21.4. The highest BCUT2D eigenvalue weighted by atomic mass is 35.5. The molecule has 5 nitrogen and oxygen atoms in total. The van der Waals surface area contributed by atoms with E-state index in [1.54, 1.807) is 0 Å². The molecule has 1 aliphatic rings. The van der Waals surface area contributed by atoms with Crippen LogP contribution in [0.25, 0.3) is 11.3 Å². The fraction of sp³-hybridized carbons (Fsp3) is 0.524. The van der Waals surface area contributed by atoms with Crippen molar-refractivity contribution >= 4 is 17.6 Å². The molecular formula is C21H28ClN3O2. The molecular weight excluding hydrogens is 362 g/mol. The third-order valence-electron chi connectivity index (χ3n) is 5.24. The zero-order valence-corrected chi connectivity index (χ0v) is 17.2. The van der Waals surface area contributed by atoms with E-state index in [-0.39, 0.29) is 5.54 Å². The van der Waals surface area contributed by atoms with Crippen LogP contribution in [0.3, 0.4) is 0 Å². The lowest BCUT2D eigenvalue weighted by atomic mass is 9.92. The third kappa shape index (κ3) is 4.36. The largest absolute Gasteiger partial charge is 0.480 e. The Morgan fingerprint density at radius 2 is 2.04 bits per heavy atom. The van der Waals surface area contributed by atoms with E-state index < -0.39 is 12.0 Å². The number of rotatable bonds is 4. The van der Waals surface area contributed by atoms with E-state index in [1.165, 1.54) is 0 Å². The van der Waals surface area contributed by atoms with Gasteiger partial charge in [-0.25, -0.2) is 0 Å². The first-order valence-corrected chi connectivity index (χ1v) is 9.85. The lowest BCUT2D eigenvalue weighted by Crippen LogP contribution is -2.46. The van der Waals surface area contributed by atoms with Crippen LogP contribution < -0.4 is 0 Å². The number of nitrogens with zero attached hydrogens (tertiary/aromatic N) is 3. The second-order valence-corrected chi connectivity index (χ2v) is 8.96. The van der Waals surface area contributed by atoms with E-state index in [0.29, 0.717) is 23.9 Å². The van der Waals surface area contributed by atoms with Gasteiger partial charge in [0.2, 0.25) is 0 Å². The number of likely N-dealkylation sites (tertiary alicyclic amines) is 1. The van der Waals surface area contributed by atoms with Crippen molar-refractivity contribution in [3.63, 3.8) is 0 Å². The lowest BCUT2D eigenvalue weighted by Gasteiger charge is -2.35. The molecule has 0 radical (unpaired) electrons. The summed E-state index contributed by atoms with van der Waals surface area (Å²) in [6.45, 7) is 9.76. The molecule has 1 saturated heterocycles. The van der Waals surface area contributed by atoms with Crippen LogP contribution in [-0.2, 0) is 16.9 Å². The number of aliphatic carboxylic acids is 1. The highest BCUT2D eigenvalue weighted by Gasteiger charge is 2.33. The second-order valence-electron chi connectivity index (χ2n) is 8.55. The fourth-order valence-electron chi connectivity index (χ4n) is 3.60. The van der Waals surface area contributed by atoms with Crippen molar-refractivity contribution in [1.82, 2.24) is 14.7 Å². The van der Waals surface area contributed by atoms with E-state index in [1.807, 2.05) is 35.1 Å². The molecule has 0 unspecified atom stereocenters. The van der Waals surface area contributed by atoms with Crippen molar-refractivity contribution in [1.29, 1.82) is 0 Å². The van der Waals surface area contributed by atoms with Gasteiger partial charge in [-0.15, -0.1) is 0 Å². The van der Waals surface area contributed by atoms with Gasteiger partial charge < -0.3 is 5.11 Å². The maximum atomic E-state index is 11.8.